The highest BCUT2D eigenvalue weighted by Gasteiger charge is 2.40. The average Bonchev–Trinajstić information content (AvgIpc) is 3.14. The van der Waals surface area contributed by atoms with Gasteiger partial charge < -0.3 is 9.64 Å². The number of thiophene rings is 1. The summed E-state index contributed by atoms with van der Waals surface area (Å²) >= 11 is 7.25. The molecule has 0 spiro atoms. The van der Waals surface area contributed by atoms with E-state index in [1.54, 1.807) is 17.0 Å². The van der Waals surface area contributed by atoms with Crippen molar-refractivity contribution < 1.29 is 13.9 Å². The molecule has 0 saturated carbocycles. The van der Waals surface area contributed by atoms with Crippen LogP contribution in [0.5, 0.6) is 0 Å². The van der Waals surface area contributed by atoms with Crippen LogP contribution in [0.1, 0.15) is 29.4 Å². The van der Waals surface area contributed by atoms with Gasteiger partial charge in [0.05, 0.1) is 22.4 Å². The molecule has 0 aromatic carbocycles. The monoisotopic (exact) mass is 425 g/mol. The van der Waals surface area contributed by atoms with E-state index in [-0.39, 0.29) is 24.2 Å². The van der Waals surface area contributed by atoms with Gasteiger partial charge in [-0.1, -0.05) is 37.3 Å². The van der Waals surface area contributed by atoms with Gasteiger partial charge in [-0.05, 0) is 37.1 Å². The Morgan fingerprint density at radius 1 is 1.41 bits per heavy atom. The quantitative estimate of drug-likeness (QED) is 0.512. The van der Waals surface area contributed by atoms with Gasteiger partial charge in [-0.2, -0.15) is 0 Å². The van der Waals surface area contributed by atoms with Crippen molar-refractivity contribution in [3.63, 3.8) is 0 Å². The molecular weight excluding hydrogens is 401 g/mol. The summed E-state index contributed by atoms with van der Waals surface area (Å²) in [5, 5.41) is 0. The molecule has 0 N–H and O–H groups in total. The molecular formula is C20H25ClFNO2SSi. The maximum Gasteiger partial charge on any atom is 0.268 e. The molecule has 1 aliphatic heterocycles. The molecule has 0 bridgehead atoms. The number of rotatable bonds is 5. The highest BCUT2D eigenvalue weighted by molar-refractivity contribution is 7.18. The molecule has 3 rings (SSSR count). The maximum absolute atomic E-state index is 14.9. The minimum Gasteiger partial charge on any atom is -0.494 e. The van der Waals surface area contributed by atoms with Gasteiger partial charge in [0.1, 0.15) is 5.83 Å². The molecule has 27 heavy (non-hydrogen) atoms. The van der Waals surface area contributed by atoms with E-state index in [1.165, 1.54) is 18.4 Å². The predicted octanol–water partition coefficient (Wildman–Crippen LogP) is 6.39. The number of allylic oxidation sites excluding steroid dienone is 2. The Morgan fingerprint density at radius 2 is 2.11 bits per heavy atom. The molecule has 0 saturated heterocycles. The molecule has 7 heteroatoms. The minimum absolute atomic E-state index is 0.126. The Kier molecular flexibility index (Phi) is 5.71. The summed E-state index contributed by atoms with van der Waals surface area (Å²) in [6.45, 7) is 8.81. The predicted molar refractivity (Wildman–Crippen MR) is 113 cm³/mol. The molecule has 1 aromatic heterocycles. The van der Waals surface area contributed by atoms with Crippen LogP contribution in [0.15, 0.2) is 46.6 Å². The first-order chi connectivity index (χ1) is 12.6. The third-order valence-corrected chi connectivity index (χ3v) is 7.96. The number of fused-ring (bicyclic) bond motifs is 1. The highest BCUT2D eigenvalue weighted by atomic mass is 35.5. The lowest BCUT2D eigenvalue weighted by atomic mass is 9.90. The summed E-state index contributed by atoms with van der Waals surface area (Å²) in [5.41, 5.74) is 2.76. The van der Waals surface area contributed by atoms with Crippen molar-refractivity contribution >= 4 is 36.9 Å². The van der Waals surface area contributed by atoms with Crippen molar-refractivity contribution in [1.82, 2.24) is 4.90 Å². The van der Waals surface area contributed by atoms with Crippen LogP contribution >= 0.6 is 22.9 Å². The van der Waals surface area contributed by atoms with Crippen molar-refractivity contribution in [3.05, 3.63) is 55.9 Å². The molecule has 1 atom stereocenters. The summed E-state index contributed by atoms with van der Waals surface area (Å²) in [5.74, 6) is -0.0437. The van der Waals surface area contributed by atoms with E-state index in [4.69, 9.17) is 16.3 Å². The Hall–Kier alpha value is -1.37. The zero-order valence-corrected chi connectivity index (χ0v) is 18.9. The number of ether oxygens (including phenoxy) is 1. The lowest BCUT2D eigenvalue weighted by Gasteiger charge is -2.32. The Balaban J connectivity index is 1.99. The van der Waals surface area contributed by atoms with Crippen molar-refractivity contribution in [1.29, 1.82) is 0 Å². The summed E-state index contributed by atoms with van der Waals surface area (Å²) in [6, 6.07) is 4.18. The molecule has 1 amide bonds. The second kappa shape index (κ2) is 7.57. The second-order valence-corrected chi connectivity index (χ2v) is 15.6. The van der Waals surface area contributed by atoms with Gasteiger partial charge in [0, 0.05) is 25.8 Å². The fourth-order valence-electron chi connectivity index (χ4n) is 3.66. The van der Waals surface area contributed by atoms with Gasteiger partial charge >= 0.3 is 0 Å². The van der Waals surface area contributed by atoms with Crippen LogP contribution in [0.4, 0.5) is 4.39 Å². The number of nitrogens with zero attached hydrogens (tertiary/aromatic N) is 1. The number of methoxy groups -OCH3 is 1. The third-order valence-electron chi connectivity index (χ3n) is 4.99. The van der Waals surface area contributed by atoms with Crippen LogP contribution in [0.3, 0.4) is 0 Å². The van der Waals surface area contributed by atoms with Gasteiger partial charge in [-0.15, -0.1) is 11.3 Å². The van der Waals surface area contributed by atoms with Crippen molar-refractivity contribution in [2.45, 2.75) is 51.5 Å². The Labute approximate surface area is 170 Å². The van der Waals surface area contributed by atoms with Gasteiger partial charge in [-0.25, -0.2) is 4.39 Å². The van der Waals surface area contributed by atoms with Gasteiger partial charge in [-0.3, -0.25) is 4.79 Å². The lowest BCUT2D eigenvalue weighted by molar-refractivity contribution is 0.0779. The molecule has 3 nitrogen and oxygen atoms in total. The van der Waals surface area contributed by atoms with E-state index in [0.717, 1.165) is 29.3 Å². The van der Waals surface area contributed by atoms with Gasteiger partial charge in [0.25, 0.3) is 5.91 Å². The summed E-state index contributed by atoms with van der Waals surface area (Å²) in [4.78, 5) is 15.3. The van der Waals surface area contributed by atoms with Gasteiger partial charge in [0.15, 0.2) is 5.76 Å². The first kappa shape index (κ1) is 20.4. The minimum atomic E-state index is -1.30. The summed E-state index contributed by atoms with van der Waals surface area (Å²) in [6.07, 6.45) is 2.94. The number of amides is 1. The van der Waals surface area contributed by atoms with E-state index in [2.05, 4.69) is 19.6 Å². The van der Waals surface area contributed by atoms with E-state index in [0.29, 0.717) is 15.0 Å². The number of hydrogen-bond donors (Lipinski definition) is 0. The number of hydrogen-bond acceptors (Lipinski definition) is 3. The Morgan fingerprint density at radius 3 is 2.67 bits per heavy atom. The maximum atomic E-state index is 14.9. The smallest absolute Gasteiger partial charge is 0.268 e. The van der Waals surface area contributed by atoms with Crippen LogP contribution in [-0.2, 0) is 4.74 Å². The van der Waals surface area contributed by atoms with Crippen LogP contribution in [0.25, 0.3) is 0 Å². The fourth-order valence-corrected chi connectivity index (χ4v) is 5.64. The van der Waals surface area contributed by atoms with Crippen LogP contribution in [0.2, 0.25) is 30.0 Å². The van der Waals surface area contributed by atoms with Crippen LogP contribution in [-0.4, -0.2) is 32.0 Å². The third kappa shape index (κ3) is 4.07. The normalized spacial score (nSPS) is 20.2. The summed E-state index contributed by atoms with van der Waals surface area (Å²) in [7, 11) is 0.216. The van der Waals surface area contributed by atoms with E-state index in [9.17, 15) is 9.18 Å². The summed E-state index contributed by atoms with van der Waals surface area (Å²) < 4.78 is 20.9. The largest absolute Gasteiger partial charge is 0.494 e. The molecule has 1 aliphatic carbocycles. The highest BCUT2D eigenvalue weighted by Crippen LogP contribution is 2.43. The SMILES string of the molecule is COC1=C(F)CC2C(=C1CC[Si](C)(C)C)C=C(C)N2C(=O)c1ccc(Cl)s1. The number of halogens is 2. The van der Waals surface area contributed by atoms with Crippen molar-refractivity contribution in [3.8, 4) is 0 Å². The standard InChI is InChI=1S/C20H25ClFNO2SSi/c1-12-10-14-13(8-9-27(3,4)5)19(25-2)15(22)11-16(14)23(12)20(24)17-6-7-18(21)26-17/h6-7,10,16H,8-9,11H2,1-5H3. The van der Waals surface area contributed by atoms with Crippen LogP contribution < -0.4 is 0 Å². The first-order valence-corrected chi connectivity index (χ1v) is 14.0. The van der Waals surface area contributed by atoms with Crippen molar-refractivity contribution in [2.75, 3.05) is 7.11 Å². The van der Waals surface area contributed by atoms with Crippen LogP contribution in [0, 0.1) is 0 Å². The number of carbonyl (C=O) groups excluding carboxylic acids is 1. The van der Waals surface area contributed by atoms with Gasteiger partial charge in [0.2, 0.25) is 0 Å². The molecule has 0 fully saturated rings. The lowest BCUT2D eigenvalue weighted by Crippen LogP contribution is -2.37. The molecule has 1 unspecified atom stereocenters. The Bertz CT molecular complexity index is 866. The average molecular weight is 426 g/mol. The second-order valence-electron chi connectivity index (χ2n) is 8.22. The molecule has 2 heterocycles. The molecule has 1 aromatic rings. The molecule has 146 valence electrons. The fraction of sp³-hybridized carbons (Fsp3) is 0.450. The van der Waals surface area contributed by atoms with E-state index >= 15 is 0 Å². The number of carbonyl (C=O) groups is 1. The zero-order chi connectivity index (χ0) is 19.9. The molecule has 2 aliphatic rings. The van der Waals surface area contributed by atoms with E-state index in [1.807, 2.05) is 13.0 Å². The molecule has 0 radical (unpaired) electrons. The zero-order valence-electron chi connectivity index (χ0n) is 16.4. The first-order valence-electron chi connectivity index (χ1n) is 9.05. The van der Waals surface area contributed by atoms with E-state index < -0.39 is 8.07 Å². The topological polar surface area (TPSA) is 29.5 Å². The van der Waals surface area contributed by atoms with Crippen molar-refractivity contribution in [2.24, 2.45) is 0 Å².